The molecule has 6 heteroatoms. The summed E-state index contributed by atoms with van der Waals surface area (Å²) in [5, 5.41) is 2.87. The number of aryl methyl sites for hydroxylation is 2. The number of fused-ring (bicyclic) bond motifs is 1. The van der Waals surface area contributed by atoms with Gasteiger partial charge in [0.15, 0.2) is 0 Å². The van der Waals surface area contributed by atoms with E-state index < -0.39 is 0 Å². The van der Waals surface area contributed by atoms with E-state index in [1.54, 1.807) is 48.5 Å². The van der Waals surface area contributed by atoms with Crippen LogP contribution in [0, 0.1) is 25.7 Å². The first-order chi connectivity index (χ1) is 17.3. The predicted octanol–water partition coefficient (Wildman–Crippen LogP) is 6.19. The molecule has 0 spiro atoms. The fraction of sp³-hybridized carbons (Fsp3) is 0.233. The molecular weight excluding hydrogens is 452 g/mol. The van der Waals surface area contributed by atoms with E-state index in [4.69, 9.17) is 4.74 Å². The average Bonchev–Trinajstić information content (AvgIpc) is 3.11. The third kappa shape index (κ3) is 4.54. The number of amides is 3. The summed E-state index contributed by atoms with van der Waals surface area (Å²) in [6, 6.07) is 19.7. The van der Waals surface area contributed by atoms with E-state index >= 15 is 0 Å². The summed E-state index contributed by atoms with van der Waals surface area (Å²) in [5.74, 6) is 0.0838. The van der Waals surface area contributed by atoms with Gasteiger partial charge in [-0.05, 0) is 99.3 Å². The molecule has 1 fully saturated rings. The number of rotatable bonds is 5. The third-order valence-corrected chi connectivity index (χ3v) is 7.02. The Bertz CT molecular complexity index is 1390. The molecule has 1 heterocycles. The Balaban J connectivity index is 1.27. The van der Waals surface area contributed by atoms with Gasteiger partial charge in [0.2, 0.25) is 11.8 Å². The quantitative estimate of drug-likeness (QED) is 0.349. The molecule has 6 nitrogen and oxygen atoms in total. The molecule has 1 aliphatic heterocycles. The molecule has 0 saturated carbocycles. The Labute approximate surface area is 210 Å². The van der Waals surface area contributed by atoms with Crippen molar-refractivity contribution in [3.05, 3.63) is 95.1 Å². The van der Waals surface area contributed by atoms with Gasteiger partial charge >= 0.3 is 0 Å². The Morgan fingerprint density at radius 2 is 1.58 bits per heavy atom. The summed E-state index contributed by atoms with van der Waals surface area (Å²) in [6.45, 7) is 6.08. The van der Waals surface area contributed by atoms with E-state index in [0.717, 1.165) is 16.9 Å². The SMILES string of the molecule is CC1=CC[C@@H]2C(=O)N(c3cccc(C(=O)Nc4ccc(Oc5ccc(C)c(C)c5)cc4)c3)C(=O)[C@@H]2C1. The van der Waals surface area contributed by atoms with E-state index in [1.807, 2.05) is 38.1 Å². The van der Waals surface area contributed by atoms with E-state index in [0.29, 0.717) is 35.5 Å². The number of anilines is 2. The molecular formula is C30H28N2O4. The highest BCUT2D eigenvalue weighted by atomic mass is 16.5. The molecule has 1 aliphatic carbocycles. The number of hydrogen-bond donors (Lipinski definition) is 1. The first kappa shape index (κ1) is 23.5. The molecule has 36 heavy (non-hydrogen) atoms. The lowest BCUT2D eigenvalue weighted by Gasteiger charge is -2.18. The van der Waals surface area contributed by atoms with Gasteiger partial charge in [0.1, 0.15) is 11.5 Å². The zero-order chi connectivity index (χ0) is 25.4. The molecule has 1 N–H and O–H groups in total. The van der Waals surface area contributed by atoms with Crippen LogP contribution in [0.5, 0.6) is 11.5 Å². The van der Waals surface area contributed by atoms with Gasteiger partial charge in [-0.25, -0.2) is 0 Å². The first-order valence-electron chi connectivity index (χ1n) is 12.1. The Morgan fingerprint density at radius 3 is 2.33 bits per heavy atom. The molecule has 3 aromatic rings. The lowest BCUT2D eigenvalue weighted by Crippen LogP contribution is -2.31. The van der Waals surface area contributed by atoms with Gasteiger partial charge in [-0.2, -0.15) is 0 Å². The number of nitrogens with zero attached hydrogens (tertiary/aromatic N) is 1. The van der Waals surface area contributed by atoms with Gasteiger partial charge in [0, 0.05) is 11.3 Å². The Morgan fingerprint density at radius 1 is 0.861 bits per heavy atom. The highest BCUT2D eigenvalue weighted by molar-refractivity contribution is 6.22. The van der Waals surface area contributed by atoms with Crippen molar-refractivity contribution in [2.75, 3.05) is 10.2 Å². The molecule has 2 aliphatic rings. The fourth-order valence-electron chi connectivity index (χ4n) is 4.80. The number of nitrogens with one attached hydrogen (secondary N) is 1. The first-order valence-corrected chi connectivity index (χ1v) is 12.1. The van der Waals surface area contributed by atoms with Crippen LogP contribution in [0.25, 0.3) is 0 Å². The second-order valence-electron chi connectivity index (χ2n) is 9.59. The Hall–Kier alpha value is -4.19. The smallest absolute Gasteiger partial charge is 0.255 e. The lowest BCUT2D eigenvalue weighted by atomic mass is 9.82. The zero-order valence-electron chi connectivity index (χ0n) is 20.6. The topological polar surface area (TPSA) is 75.7 Å². The minimum Gasteiger partial charge on any atom is -0.457 e. The van der Waals surface area contributed by atoms with Gasteiger partial charge in [-0.1, -0.05) is 23.8 Å². The molecule has 182 valence electrons. The highest BCUT2D eigenvalue weighted by Crippen LogP contribution is 2.40. The second kappa shape index (κ2) is 9.46. The van der Waals surface area contributed by atoms with Crippen LogP contribution < -0.4 is 15.0 Å². The maximum Gasteiger partial charge on any atom is 0.255 e. The van der Waals surface area contributed by atoms with Gasteiger partial charge in [0.25, 0.3) is 5.91 Å². The monoisotopic (exact) mass is 480 g/mol. The van der Waals surface area contributed by atoms with Crippen LogP contribution >= 0.6 is 0 Å². The molecule has 2 atom stereocenters. The minimum absolute atomic E-state index is 0.186. The van der Waals surface area contributed by atoms with Crippen LogP contribution in [-0.2, 0) is 9.59 Å². The largest absolute Gasteiger partial charge is 0.457 e. The molecule has 3 aromatic carbocycles. The number of imide groups is 1. The molecule has 0 unspecified atom stereocenters. The van der Waals surface area contributed by atoms with Crippen LogP contribution in [0.4, 0.5) is 11.4 Å². The van der Waals surface area contributed by atoms with Crippen molar-refractivity contribution in [3.8, 4) is 11.5 Å². The van der Waals surface area contributed by atoms with Crippen LogP contribution in [0.2, 0.25) is 0 Å². The van der Waals surface area contributed by atoms with Gasteiger partial charge in [-0.3, -0.25) is 19.3 Å². The standard InChI is InChI=1S/C30H28N2O4/c1-18-7-14-26-27(15-18)30(35)32(29(26)34)23-6-4-5-21(17-23)28(33)31-22-9-12-24(13-10-22)36-25-11-8-19(2)20(3)16-25/h4-13,16-17,26-27H,14-15H2,1-3H3,(H,31,33)/t26-,27+/m0/s1. The molecule has 0 bridgehead atoms. The number of hydrogen-bond acceptors (Lipinski definition) is 4. The van der Waals surface area contributed by atoms with Crippen LogP contribution in [0.15, 0.2) is 78.4 Å². The van der Waals surface area contributed by atoms with Crippen molar-refractivity contribution in [3.63, 3.8) is 0 Å². The van der Waals surface area contributed by atoms with Crippen molar-refractivity contribution in [1.29, 1.82) is 0 Å². The van der Waals surface area contributed by atoms with Crippen molar-refractivity contribution in [1.82, 2.24) is 0 Å². The maximum absolute atomic E-state index is 13.0. The molecule has 5 rings (SSSR count). The van der Waals surface area contributed by atoms with Crippen molar-refractivity contribution in [2.24, 2.45) is 11.8 Å². The van der Waals surface area contributed by atoms with Gasteiger partial charge in [-0.15, -0.1) is 0 Å². The van der Waals surface area contributed by atoms with E-state index in [2.05, 4.69) is 12.2 Å². The number of carbonyl (C=O) groups is 3. The Kier molecular flexibility index (Phi) is 6.18. The van der Waals surface area contributed by atoms with Crippen LogP contribution in [0.1, 0.15) is 41.3 Å². The number of ether oxygens (including phenoxy) is 1. The average molecular weight is 481 g/mol. The highest BCUT2D eigenvalue weighted by Gasteiger charge is 2.48. The van der Waals surface area contributed by atoms with E-state index in [-0.39, 0.29) is 29.6 Å². The number of carbonyl (C=O) groups excluding carboxylic acids is 3. The van der Waals surface area contributed by atoms with Crippen molar-refractivity contribution in [2.45, 2.75) is 33.6 Å². The normalized spacial score (nSPS) is 19.1. The third-order valence-electron chi connectivity index (χ3n) is 7.02. The summed E-state index contributed by atoms with van der Waals surface area (Å²) in [7, 11) is 0. The predicted molar refractivity (Wildman–Crippen MR) is 139 cm³/mol. The maximum atomic E-state index is 13.0. The van der Waals surface area contributed by atoms with Crippen LogP contribution in [0.3, 0.4) is 0 Å². The summed E-state index contributed by atoms with van der Waals surface area (Å²) in [6.07, 6.45) is 3.23. The molecule has 0 aromatic heterocycles. The second-order valence-corrected chi connectivity index (χ2v) is 9.59. The summed E-state index contributed by atoms with van der Waals surface area (Å²) >= 11 is 0. The minimum atomic E-state index is -0.325. The summed E-state index contributed by atoms with van der Waals surface area (Å²) < 4.78 is 5.91. The number of allylic oxidation sites excluding steroid dienone is 2. The fourth-order valence-corrected chi connectivity index (χ4v) is 4.80. The summed E-state index contributed by atoms with van der Waals surface area (Å²) in [5.41, 5.74) is 4.90. The summed E-state index contributed by atoms with van der Waals surface area (Å²) in [4.78, 5) is 40.2. The molecule has 1 saturated heterocycles. The van der Waals surface area contributed by atoms with Gasteiger partial charge < -0.3 is 10.1 Å². The van der Waals surface area contributed by atoms with Crippen LogP contribution in [-0.4, -0.2) is 17.7 Å². The van der Waals surface area contributed by atoms with E-state index in [1.165, 1.54) is 10.5 Å². The van der Waals surface area contributed by atoms with Gasteiger partial charge in [0.05, 0.1) is 17.5 Å². The number of benzene rings is 3. The lowest BCUT2D eigenvalue weighted by molar-refractivity contribution is -0.122. The zero-order valence-corrected chi connectivity index (χ0v) is 20.6. The molecule has 3 amide bonds. The van der Waals surface area contributed by atoms with Crippen molar-refractivity contribution >= 4 is 29.1 Å². The molecule has 0 radical (unpaired) electrons. The van der Waals surface area contributed by atoms with Crippen molar-refractivity contribution < 1.29 is 19.1 Å². The van der Waals surface area contributed by atoms with E-state index in [9.17, 15) is 14.4 Å².